The van der Waals surface area contributed by atoms with E-state index in [2.05, 4.69) is 25.6 Å². The number of hydrogen-bond donors (Lipinski definition) is 3. The second-order valence-electron chi connectivity index (χ2n) is 8.00. The number of anilines is 1. The van der Waals surface area contributed by atoms with Gasteiger partial charge in [0.25, 0.3) is 5.91 Å². The molecule has 0 saturated carbocycles. The average molecular weight is 516 g/mol. The van der Waals surface area contributed by atoms with Crippen LogP contribution in [0.1, 0.15) is 44.5 Å². The summed E-state index contributed by atoms with van der Waals surface area (Å²) in [4.78, 5) is 35.8. The number of nitrogens with one attached hydrogen (secondary N) is 2. The van der Waals surface area contributed by atoms with Crippen LogP contribution >= 0.6 is 11.6 Å². The van der Waals surface area contributed by atoms with E-state index in [1.807, 2.05) is 0 Å². The molecule has 4 aromatic rings. The van der Waals surface area contributed by atoms with Crippen LogP contribution < -0.4 is 10.6 Å². The number of hydrogen-bond acceptors (Lipinski definition) is 6. The molecule has 4 rings (SSSR count). The van der Waals surface area contributed by atoms with E-state index >= 15 is 0 Å². The van der Waals surface area contributed by atoms with Crippen LogP contribution in [0, 0.1) is 19.7 Å². The van der Waals surface area contributed by atoms with Crippen molar-refractivity contribution in [2.45, 2.75) is 33.5 Å². The molecule has 0 radical (unpaired) electrons. The Kier molecular flexibility index (Phi) is 7.11. The number of pyridine rings is 2. The van der Waals surface area contributed by atoms with Crippen LogP contribution in [0.5, 0.6) is 0 Å². The van der Waals surface area contributed by atoms with Gasteiger partial charge in [0.05, 0.1) is 5.02 Å². The number of fused-ring (bicyclic) bond motifs is 1. The smallest absolute Gasteiger partial charge is 0.410 e. The first-order valence-corrected chi connectivity index (χ1v) is 11.1. The van der Waals surface area contributed by atoms with Crippen molar-refractivity contribution in [3.63, 3.8) is 0 Å². The number of rotatable bonds is 7. The van der Waals surface area contributed by atoms with Crippen LogP contribution in [0.25, 0.3) is 10.9 Å². The molecule has 0 aliphatic rings. The lowest BCUT2D eigenvalue weighted by Gasteiger charge is -2.12. The number of carbonyl (C=O) groups excluding carboxylic acids is 1. The molecule has 0 aliphatic carbocycles. The van der Waals surface area contributed by atoms with Gasteiger partial charge in [-0.1, -0.05) is 11.6 Å². The fourth-order valence-electron chi connectivity index (χ4n) is 3.81. The minimum Gasteiger partial charge on any atom is -0.465 e. The number of halogens is 3. The maximum atomic E-state index is 14.5. The number of oxazole rings is 1. The highest BCUT2D eigenvalue weighted by Gasteiger charge is 2.21. The van der Waals surface area contributed by atoms with E-state index in [0.29, 0.717) is 32.8 Å². The highest BCUT2D eigenvalue weighted by molar-refractivity contribution is 6.31. The molecule has 186 valence electrons. The van der Waals surface area contributed by atoms with Crippen LogP contribution in [-0.2, 0) is 19.6 Å². The summed E-state index contributed by atoms with van der Waals surface area (Å²) in [6.45, 7) is 2.43. The SMILES string of the molecule is Cc1cc(NC(=O)O)nc(C)c1CNC(=O)c1oc(Cc2cc(F)c3ncc(Cl)cc3c2)nc1CF. The predicted molar refractivity (Wildman–Crippen MR) is 127 cm³/mol. The van der Waals surface area contributed by atoms with Crippen molar-refractivity contribution in [3.8, 4) is 0 Å². The normalized spacial score (nSPS) is 11.0. The number of amides is 2. The van der Waals surface area contributed by atoms with Crippen LogP contribution in [0.4, 0.5) is 19.4 Å². The van der Waals surface area contributed by atoms with Gasteiger partial charge < -0.3 is 14.8 Å². The van der Waals surface area contributed by atoms with E-state index in [0.717, 1.165) is 0 Å². The van der Waals surface area contributed by atoms with Gasteiger partial charge in [-0.15, -0.1) is 0 Å². The van der Waals surface area contributed by atoms with Gasteiger partial charge in [-0.3, -0.25) is 15.1 Å². The van der Waals surface area contributed by atoms with Crippen molar-refractivity contribution in [2.75, 3.05) is 5.32 Å². The molecule has 0 bridgehead atoms. The second-order valence-corrected chi connectivity index (χ2v) is 8.43. The molecule has 3 N–H and O–H groups in total. The largest absolute Gasteiger partial charge is 0.465 e. The lowest BCUT2D eigenvalue weighted by Crippen LogP contribution is -2.24. The van der Waals surface area contributed by atoms with Crippen molar-refractivity contribution in [1.82, 2.24) is 20.3 Å². The first kappa shape index (κ1) is 25.0. The quantitative estimate of drug-likeness (QED) is 0.312. The fraction of sp³-hybridized carbons (Fsp3) is 0.208. The molecule has 0 aliphatic heterocycles. The Hall–Kier alpha value is -4.12. The monoisotopic (exact) mass is 515 g/mol. The molecule has 12 heteroatoms. The minimum absolute atomic E-state index is 0.0137. The van der Waals surface area contributed by atoms with Gasteiger partial charge in [0, 0.05) is 30.2 Å². The summed E-state index contributed by atoms with van der Waals surface area (Å²) in [5.74, 6) is -1.33. The Morgan fingerprint density at radius 1 is 1.17 bits per heavy atom. The molecule has 3 heterocycles. The molecule has 36 heavy (non-hydrogen) atoms. The standard InChI is InChI=1S/C24H20ClF2N5O4/c1-11-3-19(32-24(34)35)30-12(2)16(11)10-29-23(33)22-18(8-26)31-20(36-22)6-13-4-14-7-15(25)9-28-21(14)17(27)5-13/h3-5,7,9H,6,8,10H2,1-2H3,(H,29,33)(H,30,32)(H,34,35). The third-order valence-corrected chi connectivity index (χ3v) is 5.61. The van der Waals surface area contributed by atoms with Gasteiger partial charge in [0.2, 0.25) is 5.76 Å². The Balaban J connectivity index is 1.52. The average Bonchev–Trinajstić information content (AvgIpc) is 3.20. The van der Waals surface area contributed by atoms with Crippen molar-refractivity contribution in [3.05, 3.63) is 81.0 Å². The first-order chi connectivity index (χ1) is 17.1. The number of carboxylic acid groups (broad SMARTS) is 1. The zero-order chi connectivity index (χ0) is 26.0. The zero-order valence-corrected chi connectivity index (χ0v) is 19.9. The van der Waals surface area contributed by atoms with E-state index in [-0.39, 0.29) is 41.6 Å². The topological polar surface area (TPSA) is 130 Å². The Morgan fingerprint density at radius 2 is 1.94 bits per heavy atom. The van der Waals surface area contributed by atoms with Crippen LogP contribution in [0.2, 0.25) is 5.02 Å². The first-order valence-electron chi connectivity index (χ1n) is 10.7. The highest BCUT2D eigenvalue weighted by atomic mass is 35.5. The molecule has 1 aromatic carbocycles. The molecule has 3 aromatic heterocycles. The van der Waals surface area contributed by atoms with Gasteiger partial charge in [0.1, 0.15) is 29.5 Å². The number of benzene rings is 1. The number of aryl methyl sites for hydroxylation is 2. The molecular formula is C24H20ClF2N5O4. The molecule has 0 fully saturated rings. The number of nitrogens with zero attached hydrogens (tertiary/aromatic N) is 3. The number of carbonyl (C=O) groups is 2. The minimum atomic E-state index is -1.24. The van der Waals surface area contributed by atoms with Gasteiger partial charge >= 0.3 is 6.09 Å². The predicted octanol–water partition coefficient (Wildman–Crippen LogP) is 5.11. The summed E-state index contributed by atoms with van der Waals surface area (Å²) < 4.78 is 33.6. The third-order valence-electron chi connectivity index (χ3n) is 5.41. The lowest BCUT2D eigenvalue weighted by molar-refractivity contribution is 0.0919. The van der Waals surface area contributed by atoms with Crippen molar-refractivity contribution < 1.29 is 27.9 Å². The summed E-state index contributed by atoms with van der Waals surface area (Å²) in [5, 5.41) is 14.5. The molecule has 0 spiro atoms. The van der Waals surface area contributed by atoms with E-state index < -0.39 is 24.5 Å². The fourth-order valence-corrected chi connectivity index (χ4v) is 3.97. The van der Waals surface area contributed by atoms with Gasteiger partial charge in [-0.05, 0) is 54.8 Å². The summed E-state index contributed by atoms with van der Waals surface area (Å²) in [5.41, 5.74) is 2.34. The van der Waals surface area contributed by atoms with Crippen LogP contribution in [-0.4, -0.2) is 32.1 Å². The van der Waals surface area contributed by atoms with Gasteiger partial charge in [-0.25, -0.2) is 23.5 Å². The van der Waals surface area contributed by atoms with E-state index in [4.69, 9.17) is 21.1 Å². The van der Waals surface area contributed by atoms with Crippen molar-refractivity contribution in [2.24, 2.45) is 0 Å². The van der Waals surface area contributed by atoms with E-state index in [1.54, 1.807) is 26.0 Å². The Morgan fingerprint density at radius 3 is 2.64 bits per heavy atom. The van der Waals surface area contributed by atoms with Crippen LogP contribution in [0.3, 0.4) is 0 Å². The van der Waals surface area contributed by atoms with E-state index in [9.17, 15) is 18.4 Å². The number of aromatic nitrogens is 3. The molecule has 0 atom stereocenters. The third kappa shape index (κ3) is 5.41. The summed E-state index contributed by atoms with van der Waals surface area (Å²) in [6.07, 6.45) is 0.119. The maximum Gasteiger partial charge on any atom is 0.410 e. The number of alkyl halides is 1. The van der Waals surface area contributed by atoms with Crippen molar-refractivity contribution in [1.29, 1.82) is 0 Å². The summed E-state index contributed by atoms with van der Waals surface area (Å²) >= 11 is 5.95. The summed E-state index contributed by atoms with van der Waals surface area (Å²) in [6, 6.07) is 6.04. The zero-order valence-electron chi connectivity index (χ0n) is 19.2. The van der Waals surface area contributed by atoms with E-state index in [1.165, 1.54) is 18.3 Å². The second kappa shape index (κ2) is 10.2. The van der Waals surface area contributed by atoms with Gasteiger partial charge in [0.15, 0.2) is 5.89 Å². The Labute approximate surface area is 208 Å². The van der Waals surface area contributed by atoms with Crippen LogP contribution in [0.15, 0.2) is 34.9 Å². The molecule has 9 nitrogen and oxygen atoms in total. The Bertz CT molecular complexity index is 1470. The highest BCUT2D eigenvalue weighted by Crippen LogP contribution is 2.24. The lowest BCUT2D eigenvalue weighted by atomic mass is 10.1. The molecular weight excluding hydrogens is 496 g/mol. The maximum absolute atomic E-state index is 14.5. The van der Waals surface area contributed by atoms with Gasteiger partial charge in [-0.2, -0.15) is 0 Å². The molecule has 2 amide bonds. The van der Waals surface area contributed by atoms with Crippen molar-refractivity contribution >= 4 is 40.3 Å². The molecule has 0 saturated heterocycles. The molecule has 0 unspecified atom stereocenters. The summed E-state index contributed by atoms with van der Waals surface area (Å²) in [7, 11) is 0.